The summed E-state index contributed by atoms with van der Waals surface area (Å²) < 4.78 is 20.0. The summed E-state index contributed by atoms with van der Waals surface area (Å²) in [6.45, 7) is 0. The Kier molecular flexibility index (Phi) is 3.64. The number of aromatic amines is 1. The van der Waals surface area contributed by atoms with Gasteiger partial charge in [0.05, 0.1) is 6.10 Å². The van der Waals surface area contributed by atoms with E-state index < -0.39 is 35.4 Å². The number of halogens is 1. The van der Waals surface area contributed by atoms with Gasteiger partial charge in [-0.1, -0.05) is 0 Å². The van der Waals surface area contributed by atoms with Crippen molar-refractivity contribution in [2.24, 2.45) is 5.92 Å². The van der Waals surface area contributed by atoms with Gasteiger partial charge in [0.2, 0.25) is 0 Å². The fourth-order valence-electron chi connectivity index (χ4n) is 2.12. The highest BCUT2D eigenvalue weighted by molar-refractivity contribution is 5.60. The number of nitrogens with one attached hydrogen (secondary N) is 1. The maximum atomic E-state index is 14.3. The van der Waals surface area contributed by atoms with E-state index in [1.54, 1.807) is 0 Å². The average molecular weight is 286 g/mol. The zero-order valence-electron chi connectivity index (χ0n) is 10.1. The number of carbonyl (C=O) groups is 2. The van der Waals surface area contributed by atoms with Crippen molar-refractivity contribution in [1.29, 1.82) is 0 Å². The molecule has 2 rings (SSSR count). The van der Waals surface area contributed by atoms with Gasteiger partial charge in [-0.25, -0.2) is 9.18 Å². The van der Waals surface area contributed by atoms with E-state index >= 15 is 0 Å². The Bertz CT molecular complexity index is 636. The van der Waals surface area contributed by atoms with E-state index in [9.17, 15) is 28.7 Å². The summed E-state index contributed by atoms with van der Waals surface area (Å²) in [7, 11) is 0. The maximum absolute atomic E-state index is 14.3. The van der Waals surface area contributed by atoms with Crippen molar-refractivity contribution in [2.75, 3.05) is 0 Å². The molecule has 0 bridgehead atoms. The van der Waals surface area contributed by atoms with Crippen molar-refractivity contribution < 1.29 is 23.8 Å². The smallest absolute Gasteiger partial charge is 0.330 e. The summed E-state index contributed by atoms with van der Waals surface area (Å²) in [6, 6.07) is 0.934. The summed E-state index contributed by atoms with van der Waals surface area (Å²) in [5.41, 5.74) is -1.71. The average Bonchev–Trinajstić information content (AvgIpc) is 2.61. The lowest BCUT2D eigenvalue weighted by atomic mass is 9.96. The number of aromatic nitrogens is 2. The molecule has 108 valence electrons. The first-order chi connectivity index (χ1) is 9.41. The van der Waals surface area contributed by atoms with Crippen molar-refractivity contribution in [3.63, 3.8) is 0 Å². The molecule has 0 radical (unpaired) electrons. The molecule has 1 aromatic rings. The largest absolute Gasteiger partial charge is 0.358 e. The monoisotopic (exact) mass is 286 g/mol. The Balaban J connectivity index is 2.46. The topological polar surface area (TPSA) is 118 Å². The third-order valence-electron chi connectivity index (χ3n) is 3.10. The van der Waals surface area contributed by atoms with Crippen molar-refractivity contribution in [3.8, 4) is 0 Å². The van der Waals surface area contributed by atoms with Gasteiger partial charge in [-0.15, -0.1) is 0 Å². The summed E-state index contributed by atoms with van der Waals surface area (Å²) in [6.07, 6.45) is -1.86. The maximum Gasteiger partial charge on any atom is 0.330 e. The van der Waals surface area contributed by atoms with Crippen LogP contribution in [0.15, 0.2) is 21.9 Å². The van der Waals surface area contributed by atoms with Gasteiger partial charge in [-0.05, 0) is 0 Å². The minimum atomic E-state index is -3.17. The molecule has 0 aromatic carbocycles. The van der Waals surface area contributed by atoms with Crippen LogP contribution < -0.4 is 11.2 Å². The molecule has 0 amide bonds. The zero-order valence-corrected chi connectivity index (χ0v) is 10.1. The molecule has 8 nitrogen and oxygen atoms in total. The summed E-state index contributed by atoms with van der Waals surface area (Å²) >= 11 is 0. The fraction of sp³-hybridized carbons (Fsp3) is 0.455. The van der Waals surface area contributed by atoms with Crippen LogP contribution in [0.5, 0.6) is 0 Å². The molecule has 0 saturated carbocycles. The van der Waals surface area contributed by atoms with Crippen molar-refractivity contribution in [1.82, 2.24) is 9.55 Å². The van der Waals surface area contributed by atoms with Gasteiger partial charge in [-0.3, -0.25) is 14.3 Å². The number of hydrogen-bond donors (Lipinski definition) is 2. The number of carbonyl (C=O) groups excluding carboxylic acids is 2. The van der Waals surface area contributed by atoms with Crippen LogP contribution in [0.3, 0.4) is 0 Å². The molecule has 2 N–H and O–H groups in total. The van der Waals surface area contributed by atoms with Crippen LogP contribution in [0.4, 0.5) is 4.39 Å². The Hall–Kier alpha value is -2.13. The van der Waals surface area contributed by atoms with E-state index in [4.69, 9.17) is 4.74 Å². The van der Waals surface area contributed by atoms with Gasteiger partial charge >= 0.3 is 5.69 Å². The predicted octanol–water partition coefficient (Wildman–Crippen LogP) is -1.50. The van der Waals surface area contributed by atoms with Crippen molar-refractivity contribution >= 4 is 12.6 Å². The molecular formula is C11H11FN2O6. The van der Waals surface area contributed by atoms with E-state index in [2.05, 4.69) is 0 Å². The van der Waals surface area contributed by atoms with Crippen LogP contribution in [-0.2, 0) is 14.3 Å². The summed E-state index contributed by atoms with van der Waals surface area (Å²) in [4.78, 5) is 45.7. The predicted molar refractivity (Wildman–Crippen MR) is 61.5 cm³/mol. The van der Waals surface area contributed by atoms with E-state index in [0.29, 0.717) is 10.9 Å². The zero-order chi connectivity index (χ0) is 14.9. The second-order valence-electron chi connectivity index (χ2n) is 4.34. The number of hydrogen-bond acceptors (Lipinski definition) is 6. The van der Waals surface area contributed by atoms with Crippen molar-refractivity contribution in [3.05, 3.63) is 33.1 Å². The van der Waals surface area contributed by atoms with Gasteiger partial charge in [0.25, 0.3) is 11.4 Å². The molecular weight excluding hydrogens is 275 g/mol. The molecule has 0 unspecified atom stereocenters. The standard InChI is InChI=1S/C11H11FN2O6/c12-11(19)6(5-16)7(2-4-15)20-9(11)14-3-1-8(17)13-10(14)18/h1,3-7,9,19H,2H2,(H,13,17,18)/t6-,7-,9-,11+/m1/s1. The number of rotatable bonds is 4. The minimum absolute atomic E-state index is 0.130. The molecule has 4 atom stereocenters. The number of aliphatic hydroxyl groups is 1. The van der Waals surface area contributed by atoms with E-state index in [-0.39, 0.29) is 12.7 Å². The third kappa shape index (κ3) is 2.21. The molecule has 1 saturated heterocycles. The van der Waals surface area contributed by atoms with Crippen LogP contribution >= 0.6 is 0 Å². The van der Waals surface area contributed by atoms with Gasteiger partial charge in [0.15, 0.2) is 6.23 Å². The molecule has 0 spiro atoms. The number of H-pyrrole nitrogens is 1. The van der Waals surface area contributed by atoms with Gasteiger partial charge < -0.3 is 19.4 Å². The Labute approximate surface area is 110 Å². The Morgan fingerprint density at radius 3 is 2.75 bits per heavy atom. The highest BCUT2D eigenvalue weighted by Crippen LogP contribution is 2.43. The highest BCUT2D eigenvalue weighted by Gasteiger charge is 2.57. The lowest BCUT2D eigenvalue weighted by molar-refractivity contribution is -0.181. The van der Waals surface area contributed by atoms with Crippen LogP contribution in [0, 0.1) is 5.92 Å². The van der Waals surface area contributed by atoms with Crippen LogP contribution in [0.2, 0.25) is 0 Å². The number of aldehydes is 2. The normalized spacial score (nSPS) is 33.0. The summed E-state index contributed by atoms with van der Waals surface area (Å²) in [5, 5.41) is 9.77. The first kappa shape index (κ1) is 14.3. The number of ether oxygens (including phenoxy) is 1. The number of alkyl halides is 1. The highest BCUT2D eigenvalue weighted by atomic mass is 19.2. The van der Waals surface area contributed by atoms with Crippen LogP contribution in [0.25, 0.3) is 0 Å². The fourth-order valence-corrected chi connectivity index (χ4v) is 2.12. The molecule has 1 aliphatic heterocycles. The van der Waals surface area contributed by atoms with Gasteiger partial charge in [-0.2, -0.15) is 0 Å². The number of nitrogens with zero attached hydrogens (tertiary/aromatic N) is 1. The van der Waals surface area contributed by atoms with E-state index in [0.717, 1.165) is 12.3 Å². The van der Waals surface area contributed by atoms with E-state index in [1.165, 1.54) is 0 Å². The SMILES string of the molecule is O=CC[C@H]1O[C@@H](n2ccc(=O)[nH]c2=O)[C@](O)(F)[C@@H]1C=O. The van der Waals surface area contributed by atoms with Gasteiger partial charge in [0.1, 0.15) is 18.5 Å². The first-order valence-corrected chi connectivity index (χ1v) is 5.69. The summed E-state index contributed by atoms with van der Waals surface area (Å²) in [5.74, 6) is -4.78. The minimum Gasteiger partial charge on any atom is -0.358 e. The van der Waals surface area contributed by atoms with E-state index in [1.807, 2.05) is 4.98 Å². The third-order valence-corrected chi connectivity index (χ3v) is 3.10. The molecule has 2 heterocycles. The Morgan fingerprint density at radius 2 is 2.20 bits per heavy atom. The quantitative estimate of drug-likeness (QED) is 0.650. The van der Waals surface area contributed by atoms with Crippen LogP contribution in [0.1, 0.15) is 12.6 Å². The molecule has 20 heavy (non-hydrogen) atoms. The molecule has 1 aromatic heterocycles. The molecule has 9 heteroatoms. The lowest BCUT2D eigenvalue weighted by Crippen LogP contribution is -2.43. The second-order valence-corrected chi connectivity index (χ2v) is 4.34. The van der Waals surface area contributed by atoms with Crippen LogP contribution in [-0.4, -0.2) is 39.2 Å². The Morgan fingerprint density at radius 1 is 1.50 bits per heavy atom. The lowest BCUT2D eigenvalue weighted by Gasteiger charge is -2.23. The molecule has 1 fully saturated rings. The van der Waals surface area contributed by atoms with Gasteiger partial charge in [0, 0.05) is 18.7 Å². The second kappa shape index (κ2) is 5.10. The molecule has 0 aliphatic carbocycles. The van der Waals surface area contributed by atoms with Crippen molar-refractivity contribution in [2.45, 2.75) is 24.6 Å². The molecule has 1 aliphatic rings. The first-order valence-electron chi connectivity index (χ1n) is 5.69.